The lowest BCUT2D eigenvalue weighted by atomic mass is 9.98. The normalized spacial score (nSPS) is 13.3. The summed E-state index contributed by atoms with van der Waals surface area (Å²) in [7, 11) is 0. The second-order valence-electron chi connectivity index (χ2n) is 16.1. The molecule has 1 aromatic carbocycles. The van der Waals surface area contributed by atoms with Gasteiger partial charge in [-0.25, -0.2) is 33.9 Å². The Balaban J connectivity index is 1.15. The highest BCUT2D eigenvalue weighted by atomic mass is 32.1. The molecule has 0 aliphatic carbocycles. The van der Waals surface area contributed by atoms with E-state index >= 15 is 0 Å². The molecule has 1 N–H and O–H groups in total. The SMILES string of the molecule is C#CCCC1(CCC(=O)Cc2ccc3nc(CCN(CCc4nc5c(N(Cc6ncccc6F)C(=O)OC(C)(C)C)ncnc5s4)C(=O)OC(C)(C)C)[nH]c3c2)N=N1. The van der Waals surface area contributed by atoms with Gasteiger partial charge in [-0.2, -0.15) is 10.2 Å². The van der Waals surface area contributed by atoms with Gasteiger partial charge in [-0.15, -0.1) is 12.3 Å². The van der Waals surface area contributed by atoms with Crippen LogP contribution < -0.4 is 4.90 Å². The lowest BCUT2D eigenvalue weighted by molar-refractivity contribution is -0.118. The predicted octanol–water partition coefficient (Wildman–Crippen LogP) is 7.93. The van der Waals surface area contributed by atoms with E-state index < -0.39 is 34.9 Å². The van der Waals surface area contributed by atoms with Crippen LogP contribution in [0.4, 0.5) is 19.8 Å². The van der Waals surface area contributed by atoms with Gasteiger partial charge in [-0.3, -0.25) is 14.7 Å². The van der Waals surface area contributed by atoms with E-state index in [0.717, 1.165) is 16.6 Å². The number of thiazole rings is 1. The Morgan fingerprint density at radius 3 is 2.40 bits per heavy atom. The van der Waals surface area contributed by atoms with Crippen molar-refractivity contribution in [3.63, 3.8) is 0 Å². The molecule has 2 amide bonds. The second-order valence-corrected chi connectivity index (χ2v) is 17.1. The van der Waals surface area contributed by atoms with E-state index in [4.69, 9.17) is 25.9 Å². The Hall–Kier alpha value is -5.89. The fourth-order valence-corrected chi connectivity index (χ4v) is 6.96. The highest BCUT2D eigenvalue weighted by Crippen LogP contribution is 2.38. The summed E-state index contributed by atoms with van der Waals surface area (Å²) in [6, 6.07) is 8.44. The van der Waals surface area contributed by atoms with E-state index in [1.807, 2.05) is 18.2 Å². The Bertz CT molecular complexity index is 2370. The number of rotatable bonds is 16. The van der Waals surface area contributed by atoms with E-state index in [0.29, 0.717) is 59.7 Å². The maximum atomic E-state index is 14.7. The lowest BCUT2D eigenvalue weighted by Crippen LogP contribution is -2.39. The monoisotopic (exact) mass is 810 g/mol. The van der Waals surface area contributed by atoms with Gasteiger partial charge >= 0.3 is 12.2 Å². The number of carbonyl (C=O) groups excluding carboxylic acids is 3. The molecule has 15 nitrogen and oxygen atoms in total. The Morgan fingerprint density at radius 1 is 0.948 bits per heavy atom. The summed E-state index contributed by atoms with van der Waals surface area (Å²) in [5.41, 5.74) is 0.704. The molecule has 0 atom stereocenters. The average molecular weight is 811 g/mol. The van der Waals surface area contributed by atoms with E-state index in [1.165, 1.54) is 40.9 Å². The van der Waals surface area contributed by atoms with Crippen molar-refractivity contribution >= 4 is 56.5 Å². The summed E-state index contributed by atoms with van der Waals surface area (Å²) in [4.78, 5) is 68.8. The van der Waals surface area contributed by atoms with Gasteiger partial charge in [0.05, 0.1) is 28.3 Å². The first kappa shape index (κ1) is 41.7. The van der Waals surface area contributed by atoms with Crippen LogP contribution in [0.15, 0.2) is 53.1 Å². The number of terminal acetylenes is 1. The summed E-state index contributed by atoms with van der Waals surface area (Å²) in [5, 5.41) is 8.88. The number of halogens is 1. The third kappa shape index (κ3) is 11.2. The van der Waals surface area contributed by atoms with Crippen LogP contribution in [-0.4, -0.2) is 82.7 Å². The van der Waals surface area contributed by atoms with Crippen molar-refractivity contribution in [3.05, 3.63) is 70.8 Å². The fraction of sp³-hybridized carbons (Fsp3) is 0.463. The minimum Gasteiger partial charge on any atom is -0.444 e. The summed E-state index contributed by atoms with van der Waals surface area (Å²) in [6.45, 7) is 10.9. The molecule has 0 radical (unpaired) electrons. The quantitative estimate of drug-likeness (QED) is 0.0962. The Labute approximate surface area is 339 Å². The summed E-state index contributed by atoms with van der Waals surface area (Å²) >= 11 is 1.29. The number of benzene rings is 1. The number of nitrogens with one attached hydrogen (secondary N) is 1. The Morgan fingerprint density at radius 2 is 1.69 bits per heavy atom. The van der Waals surface area contributed by atoms with Crippen molar-refractivity contribution in [2.45, 2.75) is 110 Å². The molecule has 5 aromatic rings. The van der Waals surface area contributed by atoms with Crippen LogP contribution in [0.2, 0.25) is 0 Å². The van der Waals surface area contributed by atoms with Crippen LogP contribution in [0.1, 0.15) is 89.3 Å². The van der Waals surface area contributed by atoms with Crippen molar-refractivity contribution < 1.29 is 28.2 Å². The predicted molar refractivity (Wildman–Crippen MR) is 217 cm³/mol. The number of nitrogens with zero attached hydrogens (tertiary/aromatic N) is 9. The van der Waals surface area contributed by atoms with Gasteiger partial charge in [-0.05, 0) is 71.4 Å². The van der Waals surface area contributed by atoms with Crippen molar-refractivity contribution in [1.29, 1.82) is 0 Å². The smallest absolute Gasteiger partial charge is 0.416 e. The molecule has 6 rings (SSSR count). The highest BCUT2D eigenvalue weighted by molar-refractivity contribution is 7.18. The number of imidazole rings is 1. The maximum Gasteiger partial charge on any atom is 0.416 e. The second kappa shape index (κ2) is 17.3. The van der Waals surface area contributed by atoms with Crippen LogP contribution in [-0.2, 0) is 40.1 Å². The number of hydrogen-bond acceptors (Lipinski definition) is 13. The molecule has 1 aliphatic heterocycles. The van der Waals surface area contributed by atoms with Crippen molar-refractivity contribution in [2.24, 2.45) is 10.2 Å². The van der Waals surface area contributed by atoms with Crippen LogP contribution >= 0.6 is 11.3 Å². The number of pyridine rings is 1. The molecule has 17 heteroatoms. The maximum absolute atomic E-state index is 14.7. The zero-order valence-electron chi connectivity index (χ0n) is 33.5. The third-order valence-corrected chi connectivity index (χ3v) is 9.97. The molecule has 1 aliphatic rings. The number of ether oxygens (including phenoxy) is 2. The van der Waals surface area contributed by atoms with Crippen molar-refractivity contribution in [3.8, 4) is 12.3 Å². The van der Waals surface area contributed by atoms with E-state index in [-0.39, 0.29) is 43.4 Å². The first-order valence-electron chi connectivity index (χ1n) is 19.0. The van der Waals surface area contributed by atoms with Crippen LogP contribution in [0, 0.1) is 18.2 Å². The molecule has 0 fully saturated rings. The fourth-order valence-electron chi connectivity index (χ4n) is 6.07. The average Bonchev–Trinajstić information content (AvgIpc) is 3.60. The molecule has 304 valence electrons. The minimum absolute atomic E-state index is 0.0299. The summed E-state index contributed by atoms with van der Waals surface area (Å²) in [5.74, 6) is 2.94. The number of carbonyl (C=O) groups is 3. The molecular formula is C41H47FN10O5S. The molecule has 0 spiro atoms. The van der Waals surface area contributed by atoms with Gasteiger partial charge in [0.2, 0.25) is 0 Å². The minimum atomic E-state index is -0.842. The van der Waals surface area contributed by atoms with E-state index in [9.17, 15) is 18.8 Å². The number of aromatic amines is 1. The number of H-pyrrole nitrogens is 1. The number of amides is 2. The van der Waals surface area contributed by atoms with E-state index in [2.05, 4.69) is 36.1 Å². The number of anilines is 1. The van der Waals surface area contributed by atoms with Crippen LogP contribution in [0.5, 0.6) is 0 Å². The number of aromatic nitrogens is 6. The molecule has 5 heterocycles. The van der Waals surface area contributed by atoms with Gasteiger partial charge in [0.1, 0.15) is 45.3 Å². The first-order valence-corrected chi connectivity index (χ1v) is 19.9. The Kier molecular flexibility index (Phi) is 12.5. The van der Waals surface area contributed by atoms with Crippen LogP contribution in [0.3, 0.4) is 0 Å². The van der Waals surface area contributed by atoms with Crippen molar-refractivity contribution in [1.82, 2.24) is 34.8 Å². The van der Waals surface area contributed by atoms with Gasteiger partial charge in [-0.1, -0.05) is 17.4 Å². The number of hydrogen-bond donors (Lipinski definition) is 1. The highest BCUT2D eigenvalue weighted by Gasteiger charge is 2.39. The number of Topliss-reactive ketones (excluding diaryl/α,β-unsaturated/α-hetero) is 1. The van der Waals surface area contributed by atoms with E-state index in [1.54, 1.807) is 46.4 Å². The largest absolute Gasteiger partial charge is 0.444 e. The zero-order chi connectivity index (χ0) is 41.7. The third-order valence-electron chi connectivity index (χ3n) is 8.95. The number of ketones is 1. The molecule has 58 heavy (non-hydrogen) atoms. The first-order chi connectivity index (χ1) is 27.5. The summed E-state index contributed by atoms with van der Waals surface area (Å²) in [6.07, 6.45) is 10.1. The van der Waals surface area contributed by atoms with Crippen molar-refractivity contribution in [2.75, 3.05) is 18.0 Å². The zero-order valence-corrected chi connectivity index (χ0v) is 34.4. The molecule has 0 saturated carbocycles. The topological polar surface area (TPSA) is 181 Å². The summed E-state index contributed by atoms with van der Waals surface area (Å²) < 4.78 is 26.2. The van der Waals surface area contributed by atoms with Gasteiger partial charge in [0, 0.05) is 64.2 Å². The number of fused-ring (bicyclic) bond motifs is 2. The van der Waals surface area contributed by atoms with Gasteiger partial charge in [0.25, 0.3) is 0 Å². The lowest BCUT2D eigenvalue weighted by Gasteiger charge is -2.27. The van der Waals surface area contributed by atoms with Crippen LogP contribution in [0.25, 0.3) is 21.4 Å². The van der Waals surface area contributed by atoms with Gasteiger partial charge < -0.3 is 19.4 Å². The molecule has 4 aromatic heterocycles. The molecule has 0 bridgehead atoms. The molecule has 0 unspecified atom stereocenters. The molecular weight excluding hydrogens is 764 g/mol. The molecule has 0 saturated heterocycles. The standard InChI is InChI=1S/C41H47FN10O5S/c1-8-9-17-41(49-50-41)18-14-27(53)22-26-12-13-29-30(23-26)47-32(46-29)15-20-51(37(54)56-39(2,3)4)21-16-33-48-34-35(44-25-45-36(34)58-33)52(38(55)57-40(5,6)7)24-31-28(42)11-10-19-43-31/h1,10-13,19,23,25H,9,14-18,20-22,24H2,2-7H3,(H,46,47). The van der Waals surface area contributed by atoms with Gasteiger partial charge in [0.15, 0.2) is 11.5 Å².